The number of anilines is 1. The van der Waals surface area contributed by atoms with Crippen LogP contribution in [-0.4, -0.2) is 41.9 Å². The quantitative estimate of drug-likeness (QED) is 0.842. The summed E-state index contributed by atoms with van der Waals surface area (Å²) in [5.74, 6) is 0.834. The highest BCUT2D eigenvalue weighted by Gasteiger charge is 2.15. The van der Waals surface area contributed by atoms with E-state index in [9.17, 15) is 9.59 Å². The number of methoxy groups -OCH3 is 1. The van der Waals surface area contributed by atoms with E-state index in [2.05, 4.69) is 10.3 Å². The normalized spacial score (nSPS) is 14.6. The van der Waals surface area contributed by atoms with Crippen molar-refractivity contribution < 1.29 is 14.3 Å². The van der Waals surface area contributed by atoms with Gasteiger partial charge in [-0.1, -0.05) is 12.8 Å². The van der Waals surface area contributed by atoms with Crippen molar-refractivity contribution in [1.29, 1.82) is 0 Å². The molecule has 1 N–H and O–H groups in total. The fourth-order valence-corrected chi connectivity index (χ4v) is 3.40. The highest BCUT2D eigenvalue weighted by atomic mass is 16.5. The van der Waals surface area contributed by atoms with Gasteiger partial charge in [0.1, 0.15) is 5.75 Å². The molecule has 0 saturated carbocycles. The number of hydrogen-bond acceptors (Lipinski definition) is 4. The molecule has 1 saturated heterocycles. The van der Waals surface area contributed by atoms with Gasteiger partial charge < -0.3 is 15.0 Å². The van der Waals surface area contributed by atoms with Crippen molar-refractivity contribution in [1.82, 2.24) is 9.88 Å². The van der Waals surface area contributed by atoms with Gasteiger partial charge in [0.05, 0.1) is 24.5 Å². The third-order valence-electron chi connectivity index (χ3n) is 4.93. The Kier molecular flexibility index (Phi) is 6.63. The van der Waals surface area contributed by atoms with Crippen LogP contribution in [0, 0.1) is 0 Å². The minimum absolute atomic E-state index is 0.0895. The largest absolute Gasteiger partial charge is 0.497 e. The smallest absolute Gasteiger partial charge is 0.224 e. The van der Waals surface area contributed by atoms with E-state index >= 15 is 0 Å². The lowest BCUT2D eigenvalue weighted by Gasteiger charge is -2.20. The number of rotatable bonds is 6. The Morgan fingerprint density at radius 3 is 2.63 bits per heavy atom. The van der Waals surface area contributed by atoms with Crippen molar-refractivity contribution >= 4 is 28.4 Å². The molecule has 0 spiro atoms. The van der Waals surface area contributed by atoms with E-state index in [-0.39, 0.29) is 11.8 Å². The molecule has 6 nitrogen and oxygen atoms in total. The topological polar surface area (TPSA) is 71.5 Å². The molecule has 0 radical (unpaired) electrons. The summed E-state index contributed by atoms with van der Waals surface area (Å²) in [4.78, 5) is 30.8. The molecule has 6 heteroatoms. The van der Waals surface area contributed by atoms with Crippen molar-refractivity contribution in [2.75, 3.05) is 25.5 Å². The van der Waals surface area contributed by atoms with Crippen LogP contribution >= 0.6 is 0 Å². The summed E-state index contributed by atoms with van der Waals surface area (Å²) in [7, 11) is 1.62. The van der Waals surface area contributed by atoms with Crippen LogP contribution in [0.3, 0.4) is 0 Å². The zero-order valence-electron chi connectivity index (χ0n) is 15.9. The number of nitrogens with one attached hydrogen (secondary N) is 1. The lowest BCUT2D eigenvalue weighted by molar-refractivity contribution is -0.131. The number of pyridine rings is 1. The Morgan fingerprint density at radius 1 is 1.11 bits per heavy atom. The summed E-state index contributed by atoms with van der Waals surface area (Å²) in [6.45, 7) is 1.72. The summed E-state index contributed by atoms with van der Waals surface area (Å²) in [6.07, 6.45) is 7.57. The first-order chi connectivity index (χ1) is 13.2. The van der Waals surface area contributed by atoms with Crippen LogP contribution < -0.4 is 10.1 Å². The average molecular weight is 369 g/mol. The fraction of sp³-hybridized carbons (Fsp3) is 0.476. The van der Waals surface area contributed by atoms with Crippen molar-refractivity contribution in [2.45, 2.75) is 44.9 Å². The average Bonchev–Trinajstić information content (AvgIpc) is 2.97. The fourth-order valence-electron chi connectivity index (χ4n) is 3.40. The molecule has 1 aliphatic rings. The van der Waals surface area contributed by atoms with Gasteiger partial charge in [0.15, 0.2) is 0 Å². The van der Waals surface area contributed by atoms with Gasteiger partial charge in [-0.05, 0) is 37.5 Å². The van der Waals surface area contributed by atoms with Crippen molar-refractivity contribution in [3.63, 3.8) is 0 Å². The predicted octanol–water partition coefficient (Wildman–Crippen LogP) is 3.75. The number of amides is 2. The maximum atomic E-state index is 12.3. The summed E-state index contributed by atoms with van der Waals surface area (Å²) in [6, 6.07) is 7.53. The van der Waals surface area contributed by atoms with Crippen LogP contribution in [0.25, 0.3) is 10.9 Å². The molecule has 1 aliphatic heterocycles. The highest BCUT2D eigenvalue weighted by Crippen LogP contribution is 2.21. The van der Waals surface area contributed by atoms with E-state index in [1.165, 1.54) is 12.8 Å². The van der Waals surface area contributed by atoms with E-state index in [0.29, 0.717) is 24.9 Å². The zero-order valence-corrected chi connectivity index (χ0v) is 15.9. The van der Waals surface area contributed by atoms with Crippen LogP contribution in [-0.2, 0) is 9.59 Å². The Hall–Kier alpha value is -2.63. The van der Waals surface area contributed by atoms with E-state index in [0.717, 1.165) is 42.6 Å². The number of carbonyl (C=O) groups excluding carboxylic acids is 2. The van der Waals surface area contributed by atoms with E-state index < -0.39 is 0 Å². The zero-order chi connectivity index (χ0) is 19.1. The third kappa shape index (κ3) is 5.42. The highest BCUT2D eigenvalue weighted by molar-refractivity contribution is 5.93. The first-order valence-corrected chi connectivity index (χ1v) is 9.67. The molecule has 144 valence electrons. The number of aromatic nitrogens is 1. The van der Waals surface area contributed by atoms with Gasteiger partial charge in [-0.3, -0.25) is 14.6 Å². The number of benzene rings is 1. The van der Waals surface area contributed by atoms with E-state index in [4.69, 9.17) is 4.74 Å². The summed E-state index contributed by atoms with van der Waals surface area (Å²) < 4.78 is 5.19. The van der Waals surface area contributed by atoms with E-state index in [1.54, 1.807) is 13.3 Å². The number of nitrogens with zero attached hydrogens (tertiary/aromatic N) is 2. The molecule has 1 aromatic heterocycles. The molecule has 2 aromatic rings. The summed E-state index contributed by atoms with van der Waals surface area (Å²) >= 11 is 0. The van der Waals surface area contributed by atoms with Crippen LogP contribution in [0.5, 0.6) is 5.75 Å². The van der Waals surface area contributed by atoms with Crippen molar-refractivity contribution in [2.24, 2.45) is 0 Å². The molecular weight excluding hydrogens is 342 g/mol. The first-order valence-electron chi connectivity index (χ1n) is 9.67. The van der Waals surface area contributed by atoms with Gasteiger partial charge in [-0.25, -0.2) is 0 Å². The second-order valence-electron chi connectivity index (χ2n) is 6.98. The van der Waals surface area contributed by atoms with Gasteiger partial charge in [0.25, 0.3) is 0 Å². The molecule has 27 heavy (non-hydrogen) atoms. The lowest BCUT2D eigenvalue weighted by atomic mass is 10.2. The van der Waals surface area contributed by atoms with Gasteiger partial charge in [-0.15, -0.1) is 0 Å². The van der Waals surface area contributed by atoms with E-state index in [1.807, 2.05) is 29.2 Å². The van der Waals surface area contributed by atoms with Crippen molar-refractivity contribution in [3.8, 4) is 5.75 Å². The molecule has 0 atom stereocenters. The number of carbonyl (C=O) groups is 2. The molecule has 1 fully saturated rings. The number of likely N-dealkylation sites (tertiary alicyclic amines) is 1. The van der Waals surface area contributed by atoms with Gasteiger partial charge in [0.2, 0.25) is 11.8 Å². The molecule has 2 amide bonds. The number of hydrogen-bond donors (Lipinski definition) is 1. The summed E-state index contributed by atoms with van der Waals surface area (Å²) in [5.41, 5.74) is 1.48. The number of fused-ring (bicyclic) bond motifs is 1. The Labute approximate surface area is 159 Å². The minimum atomic E-state index is -0.0895. The SMILES string of the molecule is COc1ccc2cc(NC(=O)CCCC(=O)N3CCCCCC3)cnc2c1. The standard InChI is InChI=1S/C21H27N3O3/c1-27-18-10-9-16-13-17(15-22-19(16)14-18)23-20(25)7-6-8-21(26)24-11-4-2-3-5-12-24/h9-10,13-15H,2-8,11-12H2,1H3,(H,23,25). The van der Waals surface area contributed by atoms with Crippen LogP contribution in [0.1, 0.15) is 44.9 Å². The Bertz CT molecular complexity index is 798. The molecule has 2 heterocycles. The molecule has 0 aliphatic carbocycles. The predicted molar refractivity (Wildman–Crippen MR) is 106 cm³/mol. The van der Waals surface area contributed by atoms with Gasteiger partial charge in [-0.2, -0.15) is 0 Å². The van der Waals surface area contributed by atoms with Crippen molar-refractivity contribution in [3.05, 3.63) is 30.5 Å². The summed E-state index contributed by atoms with van der Waals surface area (Å²) in [5, 5.41) is 3.80. The van der Waals surface area contributed by atoms with Crippen LogP contribution in [0.4, 0.5) is 5.69 Å². The molecule has 0 bridgehead atoms. The molecule has 3 rings (SSSR count). The maximum Gasteiger partial charge on any atom is 0.224 e. The maximum absolute atomic E-state index is 12.3. The third-order valence-corrected chi connectivity index (χ3v) is 4.93. The molecule has 0 unspecified atom stereocenters. The second-order valence-corrected chi connectivity index (χ2v) is 6.98. The first kappa shape index (κ1) is 19.1. The molecule has 1 aromatic carbocycles. The van der Waals surface area contributed by atoms with Gasteiger partial charge in [0, 0.05) is 37.4 Å². The number of ether oxygens (including phenoxy) is 1. The Balaban J connectivity index is 1.47. The Morgan fingerprint density at radius 2 is 1.89 bits per heavy atom. The molecular formula is C21H27N3O3. The second kappa shape index (κ2) is 9.35. The lowest BCUT2D eigenvalue weighted by Crippen LogP contribution is -2.31. The van der Waals surface area contributed by atoms with Gasteiger partial charge >= 0.3 is 0 Å². The van der Waals surface area contributed by atoms with Crippen LogP contribution in [0.2, 0.25) is 0 Å². The van der Waals surface area contributed by atoms with Crippen LogP contribution in [0.15, 0.2) is 30.5 Å². The monoisotopic (exact) mass is 369 g/mol. The minimum Gasteiger partial charge on any atom is -0.497 e.